The maximum atomic E-state index is 12.9. The molecule has 5 rings (SSSR count). The Morgan fingerprint density at radius 2 is 1.73 bits per heavy atom. The van der Waals surface area contributed by atoms with E-state index in [1.54, 1.807) is 18.2 Å². The summed E-state index contributed by atoms with van der Waals surface area (Å²) in [6, 6.07) is 15.4. The van der Waals surface area contributed by atoms with Crippen LogP contribution < -0.4 is 5.32 Å². The molecule has 3 aliphatic rings. The highest BCUT2D eigenvalue weighted by molar-refractivity contribution is 7.90. The largest absolute Gasteiger partial charge is 0.355 e. The van der Waals surface area contributed by atoms with Crippen LogP contribution in [0.15, 0.2) is 57.8 Å². The summed E-state index contributed by atoms with van der Waals surface area (Å²) in [6.07, 6.45) is 4.54. The van der Waals surface area contributed by atoms with E-state index in [-0.39, 0.29) is 22.8 Å². The summed E-state index contributed by atoms with van der Waals surface area (Å²) in [5.74, 6) is 0.576. The molecular weight excluding hydrogens is 398 g/mol. The molecule has 1 saturated heterocycles. The molecule has 0 saturated carbocycles. The molecule has 7 heteroatoms. The molecule has 0 aromatic heterocycles. The fourth-order valence-electron chi connectivity index (χ4n) is 4.86. The summed E-state index contributed by atoms with van der Waals surface area (Å²) < 4.78 is 28.7. The van der Waals surface area contributed by atoms with Gasteiger partial charge in [-0.1, -0.05) is 36.4 Å². The molecule has 1 aliphatic carbocycles. The van der Waals surface area contributed by atoms with E-state index >= 15 is 0 Å². The van der Waals surface area contributed by atoms with Crippen LogP contribution in [0.25, 0.3) is 0 Å². The number of hydrogen-bond donors (Lipinski definition) is 1. The third kappa shape index (κ3) is 3.41. The first-order chi connectivity index (χ1) is 14.5. The molecule has 156 valence electrons. The number of nitrogens with one attached hydrogen (secondary N) is 1. The molecule has 6 nitrogen and oxygen atoms in total. The van der Waals surface area contributed by atoms with Crippen molar-refractivity contribution in [2.75, 3.05) is 13.1 Å². The lowest BCUT2D eigenvalue weighted by atomic mass is 9.87. The number of benzene rings is 2. The highest BCUT2D eigenvalue weighted by Gasteiger charge is 2.35. The van der Waals surface area contributed by atoms with Crippen molar-refractivity contribution in [3.05, 3.63) is 65.2 Å². The number of likely N-dealkylation sites (tertiary alicyclic amines) is 1. The molecule has 1 atom stereocenters. The Bertz CT molecular complexity index is 1120. The quantitative estimate of drug-likeness (QED) is 0.805. The van der Waals surface area contributed by atoms with Crippen LogP contribution in [0, 0.1) is 5.92 Å². The molecule has 0 spiro atoms. The van der Waals surface area contributed by atoms with Crippen LogP contribution in [0.2, 0.25) is 0 Å². The van der Waals surface area contributed by atoms with Gasteiger partial charge in [-0.2, -0.15) is 8.42 Å². The lowest BCUT2D eigenvalue weighted by Gasteiger charge is -2.34. The van der Waals surface area contributed by atoms with Crippen molar-refractivity contribution in [3.8, 4) is 0 Å². The maximum absolute atomic E-state index is 12.9. The standard InChI is InChI=1S/C23H25N3O3S/c27-23(24-20-10-5-7-16-6-1-2-8-18(16)20)17-12-14-26(15-13-17)22-19-9-3-4-11-21(19)30(28,29)25-22/h1-4,6,8-9,11,17,20H,5,7,10,12-15H2,(H,24,27). The first kappa shape index (κ1) is 19.3. The van der Waals surface area contributed by atoms with Crippen molar-refractivity contribution in [1.29, 1.82) is 0 Å². The van der Waals surface area contributed by atoms with Gasteiger partial charge in [-0.3, -0.25) is 4.79 Å². The Kier molecular flexibility index (Phi) is 4.85. The SMILES string of the molecule is O=C(NC1CCCc2ccccc21)C1CCN(C2=NS(=O)(=O)c3ccccc32)CC1. The number of amidine groups is 1. The van der Waals surface area contributed by atoms with E-state index in [1.165, 1.54) is 11.1 Å². The van der Waals surface area contributed by atoms with Crippen molar-refractivity contribution in [2.24, 2.45) is 10.3 Å². The van der Waals surface area contributed by atoms with Gasteiger partial charge in [0, 0.05) is 24.6 Å². The first-order valence-corrected chi connectivity index (χ1v) is 12.0. The highest BCUT2D eigenvalue weighted by atomic mass is 32.2. The van der Waals surface area contributed by atoms with E-state index in [0.29, 0.717) is 37.3 Å². The fourth-order valence-corrected chi connectivity index (χ4v) is 6.09. The second-order valence-electron chi connectivity index (χ2n) is 8.30. The molecule has 1 N–H and O–H groups in total. The molecular formula is C23H25N3O3S. The van der Waals surface area contributed by atoms with Crippen LogP contribution in [0.3, 0.4) is 0 Å². The lowest BCUT2D eigenvalue weighted by molar-refractivity contribution is -0.127. The van der Waals surface area contributed by atoms with E-state index in [2.05, 4.69) is 27.9 Å². The van der Waals surface area contributed by atoms with Crippen LogP contribution in [-0.2, 0) is 21.2 Å². The molecule has 2 heterocycles. The molecule has 0 bridgehead atoms. The number of carbonyl (C=O) groups excluding carboxylic acids is 1. The minimum absolute atomic E-state index is 0.0517. The predicted molar refractivity (Wildman–Crippen MR) is 115 cm³/mol. The van der Waals surface area contributed by atoms with Crippen LogP contribution >= 0.6 is 0 Å². The maximum Gasteiger partial charge on any atom is 0.285 e. The van der Waals surface area contributed by atoms with Crippen molar-refractivity contribution in [1.82, 2.24) is 10.2 Å². The number of fused-ring (bicyclic) bond motifs is 2. The van der Waals surface area contributed by atoms with Gasteiger partial charge in [0.15, 0.2) is 5.84 Å². The highest BCUT2D eigenvalue weighted by Crippen LogP contribution is 2.32. The van der Waals surface area contributed by atoms with Crippen molar-refractivity contribution < 1.29 is 13.2 Å². The summed E-state index contributed by atoms with van der Waals surface area (Å²) in [6.45, 7) is 1.25. The van der Waals surface area contributed by atoms with Crippen LogP contribution in [0.4, 0.5) is 0 Å². The van der Waals surface area contributed by atoms with Crippen LogP contribution in [0.5, 0.6) is 0 Å². The number of sulfonamides is 1. The van der Waals surface area contributed by atoms with Gasteiger partial charge in [-0.15, -0.1) is 4.40 Å². The molecule has 2 aromatic carbocycles. The lowest BCUT2D eigenvalue weighted by Crippen LogP contribution is -2.44. The van der Waals surface area contributed by atoms with Gasteiger partial charge in [0.05, 0.1) is 6.04 Å². The Morgan fingerprint density at radius 3 is 2.57 bits per heavy atom. The second kappa shape index (κ2) is 7.54. The number of amides is 1. The molecule has 2 aromatic rings. The minimum Gasteiger partial charge on any atom is -0.355 e. The molecule has 1 amide bonds. The van der Waals surface area contributed by atoms with Crippen LogP contribution in [0.1, 0.15) is 48.4 Å². The second-order valence-corrected chi connectivity index (χ2v) is 9.87. The average molecular weight is 424 g/mol. The number of aryl methyl sites for hydroxylation is 1. The zero-order chi connectivity index (χ0) is 20.7. The summed E-state index contributed by atoms with van der Waals surface area (Å²) in [5, 5.41) is 3.27. The first-order valence-electron chi connectivity index (χ1n) is 10.6. The summed E-state index contributed by atoms with van der Waals surface area (Å²) in [5.41, 5.74) is 3.25. The predicted octanol–water partition coefficient (Wildman–Crippen LogP) is 3.04. The van der Waals surface area contributed by atoms with Gasteiger partial charge in [0.25, 0.3) is 10.0 Å². The third-order valence-corrected chi connectivity index (χ3v) is 7.79. The zero-order valence-electron chi connectivity index (χ0n) is 16.8. The third-order valence-electron chi connectivity index (χ3n) is 6.46. The van der Waals surface area contributed by atoms with E-state index in [9.17, 15) is 13.2 Å². The molecule has 30 heavy (non-hydrogen) atoms. The Balaban J connectivity index is 1.25. The Morgan fingerprint density at radius 1 is 1.00 bits per heavy atom. The van der Waals surface area contributed by atoms with Crippen molar-refractivity contribution >= 4 is 21.8 Å². The number of carbonyl (C=O) groups is 1. The van der Waals surface area contributed by atoms with Gasteiger partial charge in [0.1, 0.15) is 4.90 Å². The van der Waals surface area contributed by atoms with E-state index in [4.69, 9.17) is 0 Å². The molecule has 0 radical (unpaired) electrons. The van der Waals surface area contributed by atoms with Gasteiger partial charge >= 0.3 is 0 Å². The van der Waals surface area contributed by atoms with Gasteiger partial charge < -0.3 is 10.2 Å². The van der Waals surface area contributed by atoms with Crippen molar-refractivity contribution in [2.45, 2.75) is 43.0 Å². The monoisotopic (exact) mass is 423 g/mol. The summed E-state index contributed by atoms with van der Waals surface area (Å²) >= 11 is 0. The number of nitrogens with zero attached hydrogens (tertiary/aromatic N) is 2. The average Bonchev–Trinajstić information content (AvgIpc) is 3.05. The summed E-state index contributed by atoms with van der Waals surface area (Å²) in [7, 11) is -3.61. The van der Waals surface area contributed by atoms with Crippen molar-refractivity contribution in [3.63, 3.8) is 0 Å². The number of rotatable bonds is 2. The van der Waals surface area contributed by atoms with Crippen LogP contribution in [-0.4, -0.2) is 38.2 Å². The molecule has 2 aliphatic heterocycles. The fraction of sp³-hybridized carbons (Fsp3) is 0.391. The number of hydrogen-bond acceptors (Lipinski definition) is 4. The topological polar surface area (TPSA) is 78.8 Å². The van der Waals surface area contributed by atoms with Gasteiger partial charge in [0.2, 0.25) is 5.91 Å². The Hall–Kier alpha value is -2.67. The van der Waals surface area contributed by atoms with Gasteiger partial charge in [-0.05, 0) is 55.4 Å². The Labute approximate surface area is 177 Å². The summed E-state index contributed by atoms with van der Waals surface area (Å²) in [4.78, 5) is 15.2. The van der Waals surface area contributed by atoms with Gasteiger partial charge in [-0.25, -0.2) is 0 Å². The smallest absolute Gasteiger partial charge is 0.285 e. The normalized spacial score (nSPS) is 22.7. The van der Waals surface area contributed by atoms with E-state index < -0.39 is 10.0 Å². The van der Waals surface area contributed by atoms with E-state index in [0.717, 1.165) is 19.3 Å². The van der Waals surface area contributed by atoms with E-state index in [1.807, 2.05) is 17.0 Å². The number of piperidine rings is 1. The molecule has 1 fully saturated rings. The zero-order valence-corrected chi connectivity index (χ0v) is 17.6. The minimum atomic E-state index is -3.61. The molecule has 1 unspecified atom stereocenters.